The van der Waals surface area contributed by atoms with Crippen molar-refractivity contribution in [3.05, 3.63) is 211 Å². The Morgan fingerprint density at radius 2 is 0.636 bits per heavy atom. The summed E-state index contributed by atoms with van der Waals surface area (Å²) in [5.41, 5.74) is 26.8. The van der Waals surface area contributed by atoms with Crippen molar-refractivity contribution >= 4 is 136 Å². The average Bonchev–Trinajstić information content (AvgIpc) is 1.61. The second-order valence-corrected chi connectivity index (χ2v) is 31.8. The van der Waals surface area contributed by atoms with E-state index in [4.69, 9.17) is 22.9 Å². The van der Waals surface area contributed by atoms with Crippen LogP contribution in [0, 0.1) is 48.8 Å². The smallest absolute Gasteiger partial charge is 0.223 e. The highest BCUT2D eigenvalue weighted by Crippen LogP contribution is 2.43. The first kappa shape index (κ1) is 77.1. The van der Waals surface area contributed by atoms with Crippen LogP contribution in [0.15, 0.2) is 134 Å². The largest absolute Gasteiger partial charge is 0.368 e. The summed E-state index contributed by atoms with van der Waals surface area (Å²) in [6, 6.07) is 27.9. The lowest BCUT2D eigenvalue weighted by atomic mass is 10.0. The Labute approximate surface area is 648 Å². The molecule has 12 aromatic rings. The maximum atomic E-state index is 14.4. The van der Waals surface area contributed by atoms with Gasteiger partial charge in [-0.3, -0.25) is 0 Å². The highest BCUT2D eigenvalue weighted by atomic mass is 32.1. The topological polar surface area (TPSA) is 320 Å². The number of nitrogens with zero attached hydrogens (tertiary/aromatic N) is 16. The van der Waals surface area contributed by atoms with E-state index in [0.717, 1.165) is 125 Å². The highest BCUT2D eigenvalue weighted by molar-refractivity contribution is 7.16. The third-order valence-electron chi connectivity index (χ3n) is 18.6. The van der Waals surface area contributed by atoms with Gasteiger partial charge in [-0.2, -0.15) is 39.9 Å². The molecular formula is C76H82F6N24S4. The zero-order valence-corrected chi connectivity index (χ0v) is 64.3. The van der Waals surface area contributed by atoms with Gasteiger partial charge in [-0.05, 0) is 125 Å². The van der Waals surface area contributed by atoms with Gasteiger partial charge in [0.25, 0.3) is 0 Å². The molecule has 24 nitrogen and oxygen atoms in total. The van der Waals surface area contributed by atoms with E-state index in [0.29, 0.717) is 76.1 Å². The van der Waals surface area contributed by atoms with Gasteiger partial charge < -0.3 is 63.8 Å². The summed E-state index contributed by atoms with van der Waals surface area (Å²) in [5, 5.41) is 15.7. The van der Waals surface area contributed by atoms with Gasteiger partial charge in [0.2, 0.25) is 23.8 Å². The van der Waals surface area contributed by atoms with Crippen LogP contribution in [0.25, 0.3) is 0 Å². The van der Waals surface area contributed by atoms with Crippen LogP contribution in [-0.2, 0) is 0 Å². The quantitative estimate of drug-likeness (QED) is 0.0370. The van der Waals surface area contributed by atoms with Crippen LogP contribution in [0.5, 0.6) is 0 Å². The molecule has 4 fully saturated rings. The molecule has 34 heteroatoms. The first-order valence-corrected chi connectivity index (χ1v) is 39.1. The summed E-state index contributed by atoms with van der Waals surface area (Å²) in [7, 11) is 0. The summed E-state index contributed by atoms with van der Waals surface area (Å²) in [5.74, 6) is 3.79. The molecule has 16 rings (SSSR count). The van der Waals surface area contributed by atoms with Gasteiger partial charge in [0, 0.05) is 118 Å². The van der Waals surface area contributed by atoms with Gasteiger partial charge in [-0.15, -0.1) is 45.3 Å². The number of hydrogen-bond acceptors (Lipinski definition) is 28. The van der Waals surface area contributed by atoms with E-state index >= 15 is 0 Å². The first-order valence-electron chi connectivity index (χ1n) is 35.9. The molecule has 8 aromatic heterocycles. The minimum Gasteiger partial charge on any atom is -0.368 e. The van der Waals surface area contributed by atoms with E-state index in [1.54, 1.807) is 52.3 Å². The van der Waals surface area contributed by atoms with Gasteiger partial charge in [0.1, 0.15) is 81.4 Å². The molecule has 4 saturated heterocycles. The molecule has 4 unspecified atom stereocenters. The van der Waals surface area contributed by atoms with Crippen LogP contribution in [0.4, 0.5) is 117 Å². The maximum Gasteiger partial charge on any atom is 0.223 e. The zero-order chi connectivity index (χ0) is 77.3. The summed E-state index contributed by atoms with van der Waals surface area (Å²) in [4.78, 5) is 64.9. The number of hydrogen-bond donors (Lipinski definition) is 8. The lowest BCUT2D eigenvalue weighted by Gasteiger charge is -2.26. The molecule has 0 amide bonds. The molecular weight excluding hydrogens is 1490 g/mol. The number of anilines is 16. The van der Waals surface area contributed by atoms with Gasteiger partial charge in [-0.1, -0.05) is 64.1 Å². The molecule has 572 valence electrons. The van der Waals surface area contributed by atoms with E-state index in [1.807, 2.05) is 78.6 Å². The van der Waals surface area contributed by atoms with E-state index in [-0.39, 0.29) is 59.6 Å². The van der Waals surface area contributed by atoms with Crippen molar-refractivity contribution in [1.82, 2.24) is 59.8 Å². The molecule has 0 aliphatic carbocycles. The molecule has 0 radical (unpaired) electrons. The number of nitrogens with two attached hydrogens (primary N) is 4. The fourth-order valence-corrected chi connectivity index (χ4v) is 16.6. The van der Waals surface area contributed by atoms with Crippen LogP contribution >= 0.6 is 45.3 Å². The molecule has 110 heavy (non-hydrogen) atoms. The Balaban J connectivity index is 0.000000129. The van der Waals surface area contributed by atoms with E-state index in [9.17, 15) is 26.3 Å². The lowest BCUT2D eigenvalue weighted by molar-refractivity contribution is 0.552. The van der Waals surface area contributed by atoms with Crippen molar-refractivity contribution in [1.29, 1.82) is 0 Å². The van der Waals surface area contributed by atoms with Crippen molar-refractivity contribution in [3.63, 3.8) is 0 Å². The maximum absolute atomic E-state index is 14.4. The van der Waals surface area contributed by atoms with Crippen molar-refractivity contribution in [2.24, 2.45) is 0 Å². The van der Waals surface area contributed by atoms with Crippen molar-refractivity contribution in [3.8, 4) is 0 Å². The van der Waals surface area contributed by atoms with Gasteiger partial charge >= 0.3 is 0 Å². The Kier molecular flexibility index (Phi) is 24.3. The van der Waals surface area contributed by atoms with Gasteiger partial charge in [-0.25, -0.2) is 46.3 Å². The number of aryl methyl sites for hydroxylation is 2. The van der Waals surface area contributed by atoms with Gasteiger partial charge in [0.05, 0.1) is 24.2 Å². The molecule has 4 aliphatic rings. The number of nitrogen functional groups attached to an aromatic ring is 4. The first-order chi connectivity index (χ1) is 53.0. The molecule has 4 atom stereocenters. The number of aromatic nitrogens is 12. The van der Waals surface area contributed by atoms with E-state index in [2.05, 4.69) is 119 Å². The van der Waals surface area contributed by atoms with Crippen LogP contribution in [0.1, 0.15) is 157 Å². The lowest BCUT2D eigenvalue weighted by Crippen LogP contribution is -2.25. The van der Waals surface area contributed by atoms with Crippen LogP contribution in [0.3, 0.4) is 0 Å². The third-order valence-corrected chi connectivity index (χ3v) is 22.7. The number of nitrogens with one attached hydrogen (secondary N) is 4. The molecule has 0 saturated carbocycles. The molecule has 12 N–H and O–H groups in total. The van der Waals surface area contributed by atoms with Crippen molar-refractivity contribution < 1.29 is 26.3 Å². The number of benzene rings is 4. The minimum atomic E-state index is -0.586. The van der Waals surface area contributed by atoms with Crippen LogP contribution < -0.4 is 63.8 Å². The highest BCUT2D eigenvalue weighted by Gasteiger charge is 2.34. The predicted octanol–water partition coefficient (Wildman–Crippen LogP) is 18.1. The summed E-state index contributed by atoms with van der Waals surface area (Å²) in [6.07, 6.45) is 14.6. The standard InChI is InChI=1S/C20H22F2N6S.C20H23FN6S.C18H18F2N6S.C18H19FN6S/c1-11(2)16-10-24-20(29-16)26-17-9-18(27-19(23)25-17)28-7-3-4-15(28)13-6-5-12(21)8-14(13)22;1-12(2)16-11-23-20(28-16)25-17-10-18(26-19(22)24-17)27-9-3-4-15(27)13-5-7-14(21)8-6-13;1-10-9-22-18(27-10)24-15-8-16(25-17(21)23-15)26-6-2-3-14(26)12-5-4-11(19)7-13(12)20;1-11-10-21-18(26-11)23-15-9-16(24-17(20)22-15)25-8-2-3-14(25)12-4-6-13(19)7-5-12/h5-6,8-11,15H,3-4,7H2,1-2H3,(H3,23,24,25,26,27);5-8,10-12,15H,3-4,9H2,1-2H3,(H3,22,23,24,25,26);4-5,7-9,14H,2-3,6H2,1H3,(H3,21,22,23,24,25);4-7,9-10,14H,2-3,8H2,1H3,(H3,20,21,22,23,24). The number of rotatable bonds is 18. The third kappa shape index (κ3) is 19.3. The summed E-state index contributed by atoms with van der Waals surface area (Å²) in [6.45, 7) is 15.6. The average molecular weight is 1570 g/mol. The van der Waals surface area contributed by atoms with Crippen LogP contribution in [0.2, 0.25) is 0 Å². The fourth-order valence-electron chi connectivity index (χ4n) is 13.6. The number of halogens is 6. The minimum absolute atomic E-state index is 0.119. The summed E-state index contributed by atoms with van der Waals surface area (Å²) < 4.78 is 81.8. The Morgan fingerprint density at radius 3 is 0.918 bits per heavy atom. The Hall–Kier alpha value is -11.1. The molecule has 4 aromatic carbocycles. The van der Waals surface area contributed by atoms with E-state index < -0.39 is 23.3 Å². The van der Waals surface area contributed by atoms with Crippen molar-refractivity contribution in [2.45, 2.75) is 129 Å². The molecule has 12 heterocycles. The fraction of sp³-hybridized carbons (Fsp3) is 0.316. The SMILES string of the molecule is CC(C)c1cnc(Nc2cc(N3CCCC3c3ccc(F)cc3)nc(N)n2)s1.CC(C)c1cnc(Nc2cc(N3CCCC3c3ccc(F)cc3F)nc(N)n2)s1.Cc1cnc(Nc2cc(N3CCCC3c3ccc(F)cc3)nc(N)n2)s1.Cc1cnc(Nc2cc(N3CCCC3c3ccc(F)cc3F)nc(N)n2)s1. The zero-order valence-electron chi connectivity index (χ0n) is 61.0. The van der Waals surface area contributed by atoms with Crippen molar-refractivity contribution in [2.75, 3.05) is 90.0 Å². The molecule has 0 spiro atoms. The second kappa shape index (κ2) is 34.6. The monoisotopic (exact) mass is 1570 g/mol. The molecule has 0 bridgehead atoms. The Morgan fingerprint density at radius 1 is 0.355 bits per heavy atom. The number of thiazole rings is 4. The van der Waals surface area contributed by atoms with E-state index in [1.165, 1.54) is 69.6 Å². The Bertz CT molecular complexity index is 5120. The normalized spacial score (nSPS) is 16.7. The second-order valence-electron chi connectivity index (χ2n) is 27.2. The predicted molar refractivity (Wildman–Crippen MR) is 428 cm³/mol. The van der Waals surface area contributed by atoms with Gasteiger partial charge in [0.15, 0.2) is 20.5 Å². The molecule has 4 aliphatic heterocycles. The summed E-state index contributed by atoms with van der Waals surface area (Å²) >= 11 is 6.22. The van der Waals surface area contributed by atoms with Crippen LogP contribution in [-0.4, -0.2) is 86.0 Å².